The van der Waals surface area contributed by atoms with Crippen molar-refractivity contribution in [1.82, 2.24) is 10.2 Å². The minimum absolute atomic E-state index is 1.07. The molecule has 1 fully saturated rings. The highest BCUT2D eigenvalue weighted by molar-refractivity contribution is 5.02. The van der Waals surface area contributed by atoms with E-state index in [-0.39, 0.29) is 0 Å². The second-order valence-electron chi connectivity index (χ2n) is 3.01. The molecule has 1 heterocycles. The van der Waals surface area contributed by atoms with Gasteiger partial charge in [-0.25, -0.2) is 0 Å². The Balaban J connectivity index is 2.27. The summed E-state index contributed by atoms with van der Waals surface area (Å²) >= 11 is 0. The van der Waals surface area contributed by atoms with Gasteiger partial charge in [0.15, 0.2) is 0 Å². The molecule has 0 aromatic rings. The molecule has 0 radical (unpaired) electrons. The molecule has 0 spiro atoms. The van der Waals surface area contributed by atoms with Crippen molar-refractivity contribution in [1.29, 1.82) is 0 Å². The summed E-state index contributed by atoms with van der Waals surface area (Å²) in [6, 6.07) is 0. The van der Waals surface area contributed by atoms with Crippen LogP contribution in [0.15, 0.2) is 11.6 Å². The fourth-order valence-electron chi connectivity index (χ4n) is 1.38. The van der Waals surface area contributed by atoms with E-state index in [1.165, 1.54) is 13.0 Å². The Morgan fingerprint density at radius 1 is 1.64 bits per heavy atom. The van der Waals surface area contributed by atoms with Crippen LogP contribution in [0.5, 0.6) is 0 Å². The molecule has 0 saturated carbocycles. The molecule has 0 aromatic carbocycles. The van der Waals surface area contributed by atoms with Gasteiger partial charge in [-0.2, -0.15) is 0 Å². The highest BCUT2D eigenvalue weighted by Gasteiger charge is 2.10. The molecule has 0 aromatic heterocycles. The van der Waals surface area contributed by atoms with E-state index in [0.717, 1.165) is 19.8 Å². The van der Waals surface area contributed by atoms with Crippen LogP contribution in [0.25, 0.3) is 0 Å². The second kappa shape index (κ2) is 4.52. The molecular formula is C9H18N2. The lowest BCUT2D eigenvalue weighted by molar-refractivity contribution is 0.361. The van der Waals surface area contributed by atoms with Gasteiger partial charge in [0, 0.05) is 26.3 Å². The Labute approximate surface area is 69.3 Å². The molecule has 0 amide bonds. The van der Waals surface area contributed by atoms with Crippen LogP contribution < -0.4 is 5.32 Å². The largest absolute Gasteiger partial charge is 0.303 e. The third-order valence-corrected chi connectivity index (χ3v) is 2.23. The summed E-state index contributed by atoms with van der Waals surface area (Å²) in [5.41, 5.74) is 1.55. The normalized spacial score (nSPS) is 21.1. The summed E-state index contributed by atoms with van der Waals surface area (Å²) < 4.78 is 0. The van der Waals surface area contributed by atoms with Crippen LogP contribution in [-0.4, -0.2) is 31.2 Å². The van der Waals surface area contributed by atoms with Crippen LogP contribution in [0.4, 0.5) is 0 Å². The number of nitrogens with zero attached hydrogens (tertiary/aromatic N) is 1. The highest BCUT2D eigenvalue weighted by Crippen LogP contribution is 2.04. The van der Waals surface area contributed by atoms with E-state index in [2.05, 4.69) is 30.1 Å². The Bertz CT molecular complexity index is 134. The summed E-state index contributed by atoms with van der Waals surface area (Å²) in [5, 5.41) is 3.32. The molecule has 1 rings (SSSR count). The molecule has 0 unspecified atom stereocenters. The predicted octanol–water partition coefficient (Wildman–Crippen LogP) is 1.21. The Morgan fingerprint density at radius 2 is 2.45 bits per heavy atom. The number of hydrogen-bond donors (Lipinski definition) is 1. The van der Waals surface area contributed by atoms with E-state index in [9.17, 15) is 0 Å². The van der Waals surface area contributed by atoms with Crippen LogP contribution in [-0.2, 0) is 0 Å². The lowest BCUT2D eigenvalue weighted by Crippen LogP contribution is -2.24. The fourth-order valence-corrected chi connectivity index (χ4v) is 1.38. The van der Waals surface area contributed by atoms with Crippen molar-refractivity contribution < 1.29 is 0 Å². The SMILES string of the molecule is C/C=C(/CC)CN1CCNC1. The van der Waals surface area contributed by atoms with Crippen molar-refractivity contribution in [2.75, 3.05) is 26.3 Å². The van der Waals surface area contributed by atoms with Gasteiger partial charge in [-0.05, 0) is 13.3 Å². The molecular weight excluding hydrogens is 136 g/mol. The van der Waals surface area contributed by atoms with Crippen LogP contribution in [0.2, 0.25) is 0 Å². The third-order valence-electron chi connectivity index (χ3n) is 2.23. The molecule has 1 aliphatic rings. The summed E-state index contributed by atoms with van der Waals surface area (Å²) in [6.07, 6.45) is 3.42. The maximum Gasteiger partial charge on any atom is 0.0484 e. The number of hydrogen-bond acceptors (Lipinski definition) is 2. The Hall–Kier alpha value is -0.340. The van der Waals surface area contributed by atoms with Gasteiger partial charge in [0.05, 0.1) is 0 Å². The first-order valence-electron chi connectivity index (χ1n) is 4.44. The standard InChI is InChI=1S/C9H18N2/c1-3-9(4-2)7-11-6-5-10-8-11/h3,10H,4-8H2,1-2H3/b9-3-. The minimum Gasteiger partial charge on any atom is -0.303 e. The molecule has 0 atom stereocenters. The van der Waals surface area contributed by atoms with Crippen LogP contribution in [0.3, 0.4) is 0 Å². The van der Waals surface area contributed by atoms with Crippen molar-refractivity contribution >= 4 is 0 Å². The molecule has 0 bridgehead atoms. The molecule has 64 valence electrons. The molecule has 1 saturated heterocycles. The average Bonchev–Trinajstić information content (AvgIpc) is 2.52. The quantitative estimate of drug-likeness (QED) is 0.615. The zero-order valence-electron chi connectivity index (χ0n) is 7.56. The maximum absolute atomic E-state index is 3.32. The van der Waals surface area contributed by atoms with Crippen LogP contribution >= 0.6 is 0 Å². The smallest absolute Gasteiger partial charge is 0.0484 e. The monoisotopic (exact) mass is 154 g/mol. The molecule has 2 nitrogen and oxygen atoms in total. The third kappa shape index (κ3) is 2.64. The van der Waals surface area contributed by atoms with Gasteiger partial charge >= 0.3 is 0 Å². The summed E-state index contributed by atoms with van der Waals surface area (Å²) in [5.74, 6) is 0. The van der Waals surface area contributed by atoms with E-state index in [4.69, 9.17) is 0 Å². The second-order valence-corrected chi connectivity index (χ2v) is 3.01. The van der Waals surface area contributed by atoms with Gasteiger partial charge < -0.3 is 5.32 Å². The van der Waals surface area contributed by atoms with E-state index in [0.29, 0.717) is 0 Å². The van der Waals surface area contributed by atoms with Crippen LogP contribution in [0.1, 0.15) is 20.3 Å². The molecule has 2 heteroatoms. The summed E-state index contributed by atoms with van der Waals surface area (Å²) in [7, 11) is 0. The Morgan fingerprint density at radius 3 is 2.91 bits per heavy atom. The highest BCUT2D eigenvalue weighted by atomic mass is 15.3. The lowest BCUT2D eigenvalue weighted by Gasteiger charge is -2.14. The Kier molecular flexibility index (Phi) is 3.60. The predicted molar refractivity (Wildman–Crippen MR) is 48.5 cm³/mol. The first-order valence-corrected chi connectivity index (χ1v) is 4.44. The van der Waals surface area contributed by atoms with E-state index in [1.807, 2.05) is 0 Å². The van der Waals surface area contributed by atoms with Crippen molar-refractivity contribution in [3.8, 4) is 0 Å². The number of allylic oxidation sites excluding steroid dienone is 1. The molecule has 11 heavy (non-hydrogen) atoms. The van der Waals surface area contributed by atoms with Crippen molar-refractivity contribution in [3.05, 3.63) is 11.6 Å². The first kappa shape index (κ1) is 8.75. The molecule has 0 aliphatic carbocycles. The van der Waals surface area contributed by atoms with E-state index in [1.54, 1.807) is 5.57 Å². The van der Waals surface area contributed by atoms with Crippen molar-refractivity contribution in [2.45, 2.75) is 20.3 Å². The van der Waals surface area contributed by atoms with Gasteiger partial charge in [0.1, 0.15) is 0 Å². The van der Waals surface area contributed by atoms with E-state index < -0.39 is 0 Å². The van der Waals surface area contributed by atoms with Gasteiger partial charge in [0.25, 0.3) is 0 Å². The lowest BCUT2D eigenvalue weighted by atomic mass is 10.2. The summed E-state index contributed by atoms with van der Waals surface area (Å²) in [4.78, 5) is 2.44. The van der Waals surface area contributed by atoms with Gasteiger partial charge in [-0.3, -0.25) is 4.90 Å². The van der Waals surface area contributed by atoms with E-state index >= 15 is 0 Å². The van der Waals surface area contributed by atoms with Crippen molar-refractivity contribution in [2.24, 2.45) is 0 Å². The van der Waals surface area contributed by atoms with Gasteiger partial charge in [-0.1, -0.05) is 18.6 Å². The molecule has 1 N–H and O–H groups in total. The van der Waals surface area contributed by atoms with Gasteiger partial charge in [-0.15, -0.1) is 0 Å². The van der Waals surface area contributed by atoms with Crippen molar-refractivity contribution in [3.63, 3.8) is 0 Å². The topological polar surface area (TPSA) is 15.3 Å². The number of nitrogens with one attached hydrogen (secondary N) is 1. The zero-order valence-corrected chi connectivity index (χ0v) is 7.56. The average molecular weight is 154 g/mol. The zero-order chi connectivity index (χ0) is 8.10. The van der Waals surface area contributed by atoms with Gasteiger partial charge in [0.2, 0.25) is 0 Å². The fraction of sp³-hybridized carbons (Fsp3) is 0.778. The first-order chi connectivity index (χ1) is 5.36. The van der Waals surface area contributed by atoms with Crippen LogP contribution in [0, 0.1) is 0 Å². The maximum atomic E-state index is 3.32. The number of rotatable bonds is 3. The summed E-state index contributed by atoms with van der Waals surface area (Å²) in [6.45, 7) is 8.93. The molecule has 1 aliphatic heterocycles. The minimum atomic E-state index is 1.07.